The van der Waals surface area contributed by atoms with Crippen LogP contribution in [0.5, 0.6) is 0 Å². The van der Waals surface area contributed by atoms with Crippen LogP contribution >= 0.6 is 0 Å². The first-order chi connectivity index (χ1) is 7.99. The predicted molar refractivity (Wildman–Crippen MR) is 53.0 cm³/mol. The van der Waals surface area contributed by atoms with Crippen LogP contribution in [0.3, 0.4) is 0 Å². The molecule has 1 aromatic heterocycles. The molecule has 0 aliphatic heterocycles. The molecule has 0 amide bonds. The fraction of sp³-hybridized carbons (Fsp3) is 0.600. The van der Waals surface area contributed by atoms with Crippen molar-refractivity contribution in [3.8, 4) is 0 Å². The van der Waals surface area contributed by atoms with Crippen molar-refractivity contribution in [2.75, 3.05) is 13.2 Å². The fourth-order valence-corrected chi connectivity index (χ4v) is 1.18. The van der Waals surface area contributed by atoms with E-state index in [1.54, 1.807) is 13.8 Å². The highest BCUT2D eigenvalue weighted by Crippen LogP contribution is 2.29. The van der Waals surface area contributed by atoms with E-state index in [1.165, 1.54) is 0 Å². The minimum atomic E-state index is -4.50. The standard InChI is InChI=1S/C10H13F3N2O2/c1-3-16-9(17-4-2)7-5-8(10(11,12)13)15-6-14-7/h5-6,9H,3-4H2,1-2H3. The quantitative estimate of drug-likeness (QED) is 0.753. The summed E-state index contributed by atoms with van der Waals surface area (Å²) in [7, 11) is 0. The van der Waals surface area contributed by atoms with Crippen molar-refractivity contribution in [2.45, 2.75) is 26.3 Å². The molecule has 0 aliphatic rings. The molecule has 0 radical (unpaired) electrons. The van der Waals surface area contributed by atoms with Crippen LogP contribution in [0.25, 0.3) is 0 Å². The average Bonchev–Trinajstić information content (AvgIpc) is 2.28. The summed E-state index contributed by atoms with van der Waals surface area (Å²) >= 11 is 0. The predicted octanol–water partition coefficient (Wildman–Crippen LogP) is 2.57. The van der Waals surface area contributed by atoms with Gasteiger partial charge in [0.2, 0.25) is 6.29 Å². The maximum atomic E-state index is 12.4. The van der Waals surface area contributed by atoms with Gasteiger partial charge in [0.15, 0.2) is 0 Å². The maximum Gasteiger partial charge on any atom is 0.433 e. The highest BCUT2D eigenvalue weighted by Gasteiger charge is 2.33. The smallest absolute Gasteiger partial charge is 0.347 e. The number of ether oxygens (including phenoxy) is 2. The Morgan fingerprint density at radius 1 is 1.18 bits per heavy atom. The Morgan fingerprint density at radius 3 is 2.24 bits per heavy atom. The monoisotopic (exact) mass is 250 g/mol. The second-order valence-electron chi connectivity index (χ2n) is 3.07. The number of aromatic nitrogens is 2. The third-order valence-electron chi connectivity index (χ3n) is 1.86. The Balaban J connectivity index is 2.95. The number of nitrogens with zero attached hydrogens (tertiary/aromatic N) is 2. The Morgan fingerprint density at radius 2 is 1.76 bits per heavy atom. The van der Waals surface area contributed by atoms with Crippen molar-refractivity contribution in [3.63, 3.8) is 0 Å². The Labute approximate surface area is 96.8 Å². The maximum absolute atomic E-state index is 12.4. The molecule has 1 aromatic rings. The minimum Gasteiger partial charge on any atom is -0.347 e. The fourth-order valence-electron chi connectivity index (χ4n) is 1.18. The van der Waals surface area contributed by atoms with Crippen molar-refractivity contribution in [1.82, 2.24) is 9.97 Å². The summed E-state index contributed by atoms with van der Waals surface area (Å²) in [5.41, 5.74) is -0.942. The van der Waals surface area contributed by atoms with Crippen LogP contribution in [0.2, 0.25) is 0 Å². The largest absolute Gasteiger partial charge is 0.433 e. The summed E-state index contributed by atoms with van der Waals surface area (Å²) in [6.45, 7) is 4.07. The van der Waals surface area contributed by atoms with E-state index >= 15 is 0 Å². The third-order valence-corrected chi connectivity index (χ3v) is 1.86. The summed E-state index contributed by atoms with van der Waals surface area (Å²) in [4.78, 5) is 6.90. The molecular weight excluding hydrogens is 237 g/mol. The molecule has 1 rings (SSSR count). The molecule has 4 nitrogen and oxygen atoms in total. The first-order valence-corrected chi connectivity index (χ1v) is 5.11. The molecule has 0 bridgehead atoms. The van der Waals surface area contributed by atoms with E-state index in [0.29, 0.717) is 13.2 Å². The lowest BCUT2D eigenvalue weighted by Crippen LogP contribution is -2.14. The molecule has 0 unspecified atom stereocenters. The summed E-state index contributed by atoms with van der Waals surface area (Å²) in [5.74, 6) is 0. The molecule has 0 atom stereocenters. The highest BCUT2D eigenvalue weighted by atomic mass is 19.4. The van der Waals surface area contributed by atoms with Gasteiger partial charge >= 0.3 is 6.18 Å². The van der Waals surface area contributed by atoms with Gasteiger partial charge in [-0.2, -0.15) is 13.2 Å². The first-order valence-electron chi connectivity index (χ1n) is 5.11. The molecule has 17 heavy (non-hydrogen) atoms. The van der Waals surface area contributed by atoms with Crippen LogP contribution in [-0.4, -0.2) is 23.2 Å². The van der Waals surface area contributed by atoms with Crippen molar-refractivity contribution >= 4 is 0 Å². The van der Waals surface area contributed by atoms with Crippen LogP contribution in [-0.2, 0) is 15.7 Å². The third kappa shape index (κ3) is 3.94. The molecule has 0 fully saturated rings. The van der Waals surface area contributed by atoms with Crippen LogP contribution in [0.1, 0.15) is 31.5 Å². The van der Waals surface area contributed by atoms with E-state index < -0.39 is 18.2 Å². The molecule has 0 spiro atoms. The van der Waals surface area contributed by atoms with Crippen LogP contribution < -0.4 is 0 Å². The van der Waals surface area contributed by atoms with Gasteiger partial charge < -0.3 is 9.47 Å². The van der Waals surface area contributed by atoms with Gasteiger partial charge in [-0.25, -0.2) is 9.97 Å². The summed E-state index contributed by atoms with van der Waals surface area (Å²) in [6.07, 6.45) is -4.54. The Hall–Kier alpha value is -1.21. The van der Waals surface area contributed by atoms with Gasteiger partial charge in [-0.3, -0.25) is 0 Å². The van der Waals surface area contributed by atoms with Gasteiger partial charge in [0.1, 0.15) is 17.7 Å². The number of hydrogen-bond donors (Lipinski definition) is 0. The van der Waals surface area contributed by atoms with Gasteiger partial charge in [-0.1, -0.05) is 0 Å². The zero-order valence-corrected chi connectivity index (χ0v) is 9.49. The average molecular weight is 250 g/mol. The van der Waals surface area contributed by atoms with E-state index in [1.807, 2.05) is 0 Å². The van der Waals surface area contributed by atoms with Crippen molar-refractivity contribution in [2.24, 2.45) is 0 Å². The van der Waals surface area contributed by atoms with E-state index in [4.69, 9.17) is 9.47 Å². The second kappa shape index (κ2) is 5.92. The van der Waals surface area contributed by atoms with Crippen LogP contribution in [0.4, 0.5) is 13.2 Å². The SMILES string of the molecule is CCOC(OCC)c1cc(C(F)(F)F)ncn1. The zero-order chi connectivity index (χ0) is 12.9. The van der Waals surface area contributed by atoms with Gasteiger partial charge in [0.05, 0.1) is 0 Å². The van der Waals surface area contributed by atoms with E-state index in [2.05, 4.69) is 9.97 Å². The van der Waals surface area contributed by atoms with Crippen molar-refractivity contribution in [1.29, 1.82) is 0 Å². The second-order valence-corrected chi connectivity index (χ2v) is 3.07. The van der Waals surface area contributed by atoms with Crippen molar-refractivity contribution < 1.29 is 22.6 Å². The molecule has 0 aliphatic carbocycles. The van der Waals surface area contributed by atoms with Crippen molar-refractivity contribution in [3.05, 3.63) is 23.8 Å². The molecule has 0 saturated carbocycles. The molecular formula is C10H13F3N2O2. The van der Waals surface area contributed by atoms with Gasteiger partial charge in [-0.05, 0) is 19.9 Å². The topological polar surface area (TPSA) is 44.2 Å². The molecule has 96 valence electrons. The number of rotatable bonds is 5. The van der Waals surface area contributed by atoms with Gasteiger partial charge in [0.25, 0.3) is 0 Å². The van der Waals surface area contributed by atoms with Crippen LogP contribution in [0.15, 0.2) is 12.4 Å². The Kier molecular flexibility index (Phi) is 4.83. The summed E-state index contributed by atoms with van der Waals surface area (Å²) < 4.78 is 47.6. The summed E-state index contributed by atoms with van der Waals surface area (Å²) in [5, 5.41) is 0. The number of hydrogen-bond acceptors (Lipinski definition) is 4. The lowest BCUT2D eigenvalue weighted by Gasteiger charge is -2.16. The number of alkyl halides is 3. The molecule has 0 saturated heterocycles. The summed E-state index contributed by atoms with van der Waals surface area (Å²) in [6, 6.07) is 0.829. The Bertz CT molecular complexity index is 352. The van der Waals surface area contributed by atoms with E-state index in [9.17, 15) is 13.2 Å². The first kappa shape index (κ1) is 13.9. The van der Waals surface area contributed by atoms with E-state index in [-0.39, 0.29) is 5.69 Å². The molecule has 0 N–H and O–H groups in total. The zero-order valence-electron chi connectivity index (χ0n) is 9.49. The van der Waals surface area contributed by atoms with Crippen LogP contribution in [0, 0.1) is 0 Å². The number of halogens is 3. The highest BCUT2D eigenvalue weighted by molar-refractivity contribution is 5.12. The lowest BCUT2D eigenvalue weighted by molar-refractivity contribution is -0.147. The van der Waals surface area contributed by atoms with Gasteiger partial charge in [-0.15, -0.1) is 0 Å². The molecule has 0 aromatic carbocycles. The lowest BCUT2D eigenvalue weighted by atomic mass is 10.3. The van der Waals surface area contributed by atoms with E-state index in [0.717, 1.165) is 12.4 Å². The van der Waals surface area contributed by atoms with Gasteiger partial charge in [0, 0.05) is 13.2 Å². The molecule has 1 heterocycles. The normalized spacial score (nSPS) is 12.1. The molecule has 7 heteroatoms. The minimum absolute atomic E-state index is 0.0658.